The van der Waals surface area contributed by atoms with Gasteiger partial charge in [-0.15, -0.1) is 11.3 Å². The second-order valence-corrected chi connectivity index (χ2v) is 5.87. The molecule has 7 heteroatoms. The number of pyridine rings is 1. The van der Waals surface area contributed by atoms with Crippen molar-refractivity contribution < 1.29 is 0 Å². The second-order valence-electron chi connectivity index (χ2n) is 4.24. The maximum Gasteiger partial charge on any atom is 0.149 e. The van der Waals surface area contributed by atoms with Gasteiger partial charge in [0.25, 0.3) is 0 Å². The van der Waals surface area contributed by atoms with E-state index in [1.54, 1.807) is 17.5 Å². The van der Waals surface area contributed by atoms with E-state index < -0.39 is 0 Å². The van der Waals surface area contributed by atoms with Gasteiger partial charge in [-0.05, 0) is 30.6 Å². The SMILES string of the molecule is Cc1csc(-c2c(N)nsc2NCc2ccccn2)n1. The molecule has 3 rings (SSSR count). The van der Waals surface area contributed by atoms with Crippen molar-refractivity contribution in [2.75, 3.05) is 11.1 Å². The summed E-state index contributed by atoms with van der Waals surface area (Å²) in [5.41, 5.74) is 8.82. The van der Waals surface area contributed by atoms with Crippen LogP contribution in [0.5, 0.6) is 0 Å². The number of hydrogen-bond donors (Lipinski definition) is 2. The van der Waals surface area contributed by atoms with Crippen LogP contribution in [0.15, 0.2) is 29.8 Å². The van der Waals surface area contributed by atoms with E-state index in [1.807, 2.05) is 30.5 Å². The lowest BCUT2D eigenvalue weighted by molar-refractivity contribution is 1.05. The molecule has 0 bridgehead atoms. The van der Waals surface area contributed by atoms with E-state index in [9.17, 15) is 0 Å². The molecule has 0 saturated carbocycles. The van der Waals surface area contributed by atoms with E-state index in [0.29, 0.717) is 12.4 Å². The van der Waals surface area contributed by atoms with E-state index in [4.69, 9.17) is 5.73 Å². The predicted molar refractivity (Wildman–Crippen MR) is 83.9 cm³/mol. The van der Waals surface area contributed by atoms with Crippen LogP contribution in [-0.2, 0) is 6.54 Å². The molecule has 0 aliphatic rings. The van der Waals surface area contributed by atoms with E-state index in [1.165, 1.54) is 11.5 Å². The predicted octanol–water partition coefficient (Wildman–Crippen LogP) is 3.16. The molecular weight excluding hydrogens is 290 g/mol. The summed E-state index contributed by atoms with van der Waals surface area (Å²) in [6, 6.07) is 5.85. The van der Waals surface area contributed by atoms with Gasteiger partial charge in [-0.3, -0.25) is 4.98 Å². The molecule has 0 atom stereocenters. The Morgan fingerprint density at radius 3 is 2.95 bits per heavy atom. The first-order valence-electron chi connectivity index (χ1n) is 6.05. The van der Waals surface area contributed by atoms with Crippen molar-refractivity contribution in [3.05, 3.63) is 41.2 Å². The minimum Gasteiger partial charge on any atom is -0.382 e. The molecule has 102 valence electrons. The quantitative estimate of drug-likeness (QED) is 0.774. The zero-order chi connectivity index (χ0) is 13.9. The molecule has 3 aromatic heterocycles. The summed E-state index contributed by atoms with van der Waals surface area (Å²) in [6.45, 7) is 2.61. The molecule has 3 aromatic rings. The van der Waals surface area contributed by atoms with Crippen LogP contribution in [0.25, 0.3) is 10.6 Å². The Bertz CT molecular complexity index is 705. The third-order valence-corrected chi connectivity index (χ3v) is 4.50. The van der Waals surface area contributed by atoms with Crippen LogP contribution in [0.2, 0.25) is 0 Å². The van der Waals surface area contributed by atoms with Gasteiger partial charge in [0.2, 0.25) is 0 Å². The third kappa shape index (κ3) is 2.63. The lowest BCUT2D eigenvalue weighted by Gasteiger charge is -2.04. The van der Waals surface area contributed by atoms with E-state index in [-0.39, 0.29) is 0 Å². The zero-order valence-corrected chi connectivity index (χ0v) is 12.5. The second kappa shape index (κ2) is 5.56. The highest BCUT2D eigenvalue weighted by Crippen LogP contribution is 2.38. The Morgan fingerprint density at radius 1 is 1.35 bits per heavy atom. The number of nitrogens with one attached hydrogen (secondary N) is 1. The average molecular weight is 303 g/mol. The van der Waals surface area contributed by atoms with Gasteiger partial charge in [-0.25, -0.2) is 4.98 Å². The molecule has 0 unspecified atom stereocenters. The first kappa shape index (κ1) is 13.0. The monoisotopic (exact) mass is 303 g/mol. The van der Waals surface area contributed by atoms with Crippen molar-refractivity contribution in [2.45, 2.75) is 13.5 Å². The van der Waals surface area contributed by atoms with Gasteiger partial charge < -0.3 is 11.1 Å². The van der Waals surface area contributed by atoms with Gasteiger partial charge in [0.1, 0.15) is 15.8 Å². The highest BCUT2D eigenvalue weighted by Gasteiger charge is 2.16. The minimum atomic E-state index is 0.521. The Kier molecular flexibility index (Phi) is 3.62. The molecule has 0 saturated heterocycles. The summed E-state index contributed by atoms with van der Waals surface area (Å²) in [5, 5.41) is 7.18. The van der Waals surface area contributed by atoms with Gasteiger partial charge >= 0.3 is 0 Å². The van der Waals surface area contributed by atoms with Gasteiger partial charge in [0.05, 0.1) is 17.8 Å². The minimum absolute atomic E-state index is 0.521. The van der Waals surface area contributed by atoms with Crippen molar-refractivity contribution in [1.29, 1.82) is 0 Å². The van der Waals surface area contributed by atoms with Crippen molar-refractivity contribution in [3.8, 4) is 10.6 Å². The summed E-state index contributed by atoms with van der Waals surface area (Å²) in [4.78, 5) is 8.76. The van der Waals surface area contributed by atoms with Gasteiger partial charge in [-0.1, -0.05) is 6.07 Å². The molecule has 5 nitrogen and oxygen atoms in total. The summed E-state index contributed by atoms with van der Waals surface area (Å²) in [5.74, 6) is 0.521. The number of hydrogen-bond acceptors (Lipinski definition) is 7. The summed E-state index contributed by atoms with van der Waals surface area (Å²) < 4.78 is 4.22. The van der Waals surface area contributed by atoms with Crippen LogP contribution in [0.3, 0.4) is 0 Å². The molecule has 20 heavy (non-hydrogen) atoms. The van der Waals surface area contributed by atoms with Crippen molar-refractivity contribution in [1.82, 2.24) is 14.3 Å². The highest BCUT2D eigenvalue weighted by atomic mass is 32.1. The molecule has 0 aromatic carbocycles. The van der Waals surface area contributed by atoms with Crippen LogP contribution in [0.4, 0.5) is 10.8 Å². The van der Waals surface area contributed by atoms with Crippen LogP contribution < -0.4 is 11.1 Å². The molecular formula is C13H13N5S2. The Balaban J connectivity index is 1.84. The molecule has 0 fully saturated rings. The lowest BCUT2D eigenvalue weighted by Crippen LogP contribution is -2.01. The molecule has 3 N–H and O–H groups in total. The van der Waals surface area contributed by atoms with Crippen molar-refractivity contribution >= 4 is 33.7 Å². The third-order valence-electron chi connectivity index (χ3n) is 2.71. The Hall–Kier alpha value is -1.99. The first-order chi connectivity index (χ1) is 9.74. The van der Waals surface area contributed by atoms with E-state index in [2.05, 4.69) is 19.7 Å². The summed E-state index contributed by atoms with van der Waals surface area (Å²) >= 11 is 2.93. The smallest absolute Gasteiger partial charge is 0.149 e. The zero-order valence-electron chi connectivity index (χ0n) is 10.8. The normalized spacial score (nSPS) is 10.7. The molecule has 0 amide bonds. The van der Waals surface area contributed by atoms with E-state index >= 15 is 0 Å². The first-order valence-corrected chi connectivity index (χ1v) is 7.71. The molecule has 3 heterocycles. The van der Waals surface area contributed by atoms with Gasteiger partial charge in [0, 0.05) is 17.3 Å². The summed E-state index contributed by atoms with van der Waals surface area (Å²) in [6.07, 6.45) is 1.78. The van der Waals surface area contributed by atoms with Crippen LogP contribution in [-0.4, -0.2) is 14.3 Å². The highest BCUT2D eigenvalue weighted by molar-refractivity contribution is 7.15. The molecule has 0 radical (unpaired) electrons. The number of nitrogens with zero attached hydrogens (tertiary/aromatic N) is 3. The van der Waals surface area contributed by atoms with E-state index in [0.717, 1.165) is 27.0 Å². The maximum atomic E-state index is 5.96. The van der Waals surface area contributed by atoms with Crippen LogP contribution >= 0.6 is 22.9 Å². The number of thiazole rings is 1. The number of nitrogen functional groups attached to an aromatic ring is 1. The number of aryl methyl sites for hydroxylation is 1. The Morgan fingerprint density at radius 2 is 2.25 bits per heavy atom. The number of aromatic nitrogens is 3. The maximum absolute atomic E-state index is 5.96. The fourth-order valence-corrected chi connectivity index (χ4v) is 3.40. The van der Waals surface area contributed by atoms with Crippen LogP contribution in [0, 0.1) is 6.92 Å². The fourth-order valence-electron chi connectivity index (χ4n) is 1.77. The topological polar surface area (TPSA) is 76.7 Å². The average Bonchev–Trinajstić information content (AvgIpc) is 3.03. The number of rotatable bonds is 4. The van der Waals surface area contributed by atoms with Gasteiger partial charge in [-0.2, -0.15) is 4.37 Å². The van der Waals surface area contributed by atoms with Crippen molar-refractivity contribution in [2.24, 2.45) is 0 Å². The van der Waals surface area contributed by atoms with Crippen LogP contribution in [0.1, 0.15) is 11.4 Å². The van der Waals surface area contributed by atoms with Gasteiger partial charge in [0.15, 0.2) is 0 Å². The lowest BCUT2D eigenvalue weighted by atomic mass is 10.3. The van der Waals surface area contributed by atoms with Crippen molar-refractivity contribution in [3.63, 3.8) is 0 Å². The largest absolute Gasteiger partial charge is 0.382 e. The number of nitrogens with two attached hydrogens (primary N) is 1. The molecule has 0 aliphatic carbocycles. The standard InChI is InChI=1S/C13H13N5S2/c1-8-7-19-13(17-8)10-11(14)18-20-12(10)16-6-9-4-2-3-5-15-9/h2-5,7,16H,6H2,1H3,(H2,14,18). The Labute approximate surface area is 124 Å². The number of anilines is 2. The molecule has 0 spiro atoms. The summed E-state index contributed by atoms with van der Waals surface area (Å²) in [7, 11) is 0. The fraction of sp³-hybridized carbons (Fsp3) is 0.154. The molecule has 0 aliphatic heterocycles.